The molecule has 0 amide bonds. The van der Waals surface area contributed by atoms with Gasteiger partial charge in [-0.25, -0.2) is 4.98 Å². The van der Waals surface area contributed by atoms with Gasteiger partial charge in [0, 0.05) is 16.9 Å². The van der Waals surface area contributed by atoms with Crippen molar-refractivity contribution in [2.75, 3.05) is 13.1 Å². The molecule has 0 unspecified atom stereocenters. The lowest BCUT2D eigenvalue weighted by molar-refractivity contribution is 0.459. The number of benzene rings is 1. The number of nitrogens with one attached hydrogen (secondary N) is 1. The molecule has 1 saturated heterocycles. The Morgan fingerprint density at radius 2 is 2.00 bits per heavy atom. The van der Waals surface area contributed by atoms with Crippen molar-refractivity contribution < 1.29 is 0 Å². The lowest BCUT2D eigenvalue weighted by Gasteiger charge is -2.20. The van der Waals surface area contributed by atoms with Gasteiger partial charge >= 0.3 is 0 Å². The van der Waals surface area contributed by atoms with Gasteiger partial charge in [0.15, 0.2) is 0 Å². The third-order valence-corrected chi connectivity index (χ3v) is 5.26. The molecule has 2 nitrogen and oxygen atoms in total. The van der Waals surface area contributed by atoms with Gasteiger partial charge in [0.2, 0.25) is 0 Å². The molecule has 0 atom stereocenters. The van der Waals surface area contributed by atoms with Crippen molar-refractivity contribution in [1.82, 2.24) is 10.3 Å². The molecule has 0 spiro atoms. The Labute approximate surface area is 126 Å². The van der Waals surface area contributed by atoms with E-state index in [1.165, 1.54) is 5.01 Å². The number of thiazole rings is 1. The fraction of sp³-hybridized carbons (Fsp3) is 0.357. The largest absolute Gasteiger partial charge is 0.317 e. The molecule has 1 aromatic heterocycles. The van der Waals surface area contributed by atoms with Crippen LogP contribution in [0, 0.1) is 0 Å². The molecule has 19 heavy (non-hydrogen) atoms. The minimum absolute atomic E-state index is 0.579. The van der Waals surface area contributed by atoms with Crippen LogP contribution in [0.15, 0.2) is 23.6 Å². The molecule has 1 aliphatic rings. The summed E-state index contributed by atoms with van der Waals surface area (Å²) in [5.74, 6) is 0.581. The molecule has 1 N–H and O–H groups in total. The second kappa shape index (κ2) is 5.80. The molecule has 1 aliphatic heterocycles. The average molecular weight is 313 g/mol. The molecule has 5 heteroatoms. The highest BCUT2D eigenvalue weighted by Gasteiger charge is 2.19. The first-order valence-electron chi connectivity index (χ1n) is 6.36. The van der Waals surface area contributed by atoms with E-state index < -0.39 is 0 Å². The van der Waals surface area contributed by atoms with E-state index in [1.54, 1.807) is 17.4 Å². The van der Waals surface area contributed by atoms with Crippen molar-refractivity contribution in [3.8, 4) is 11.3 Å². The number of halogens is 2. The molecule has 1 fully saturated rings. The molecular formula is C14H14Cl2N2S. The van der Waals surface area contributed by atoms with Crippen molar-refractivity contribution in [3.63, 3.8) is 0 Å². The average Bonchev–Trinajstić information content (AvgIpc) is 2.92. The summed E-state index contributed by atoms with van der Waals surface area (Å²) in [4.78, 5) is 4.75. The highest BCUT2D eigenvalue weighted by Crippen LogP contribution is 2.36. The molecule has 0 saturated carbocycles. The summed E-state index contributed by atoms with van der Waals surface area (Å²) >= 11 is 14.0. The van der Waals surface area contributed by atoms with Gasteiger partial charge in [0.25, 0.3) is 0 Å². The van der Waals surface area contributed by atoms with Gasteiger partial charge in [0.1, 0.15) is 0 Å². The zero-order chi connectivity index (χ0) is 13.2. The summed E-state index contributed by atoms with van der Waals surface area (Å²) in [5.41, 5.74) is 1.86. The van der Waals surface area contributed by atoms with Gasteiger partial charge in [0.05, 0.1) is 20.7 Å². The molecular weight excluding hydrogens is 299 g/mol. The van der Waals surface area contributed by atoms with Gasteiger partial charge in [-0.2, -0.15) is 0 Å². The highest BCUT2D eigenvalue weighted by atomic mass is 35.5. The first kappa shape index (κ1) is 13.4. The van der Waals surface area contributed by atoms with Gasteiger partial charge in [-0.15, -0.1) is 11.3 Å². The van der Waals surface area contributed by atoms with Crippen molar-refractivity contribution in [1.29, 1.82) is 0 Å². The first-order chi connectivity index (χ1) is 9.25. The van der Waals surface area contributed by atoms with Crippen LogP contribution in [0.5, 0.6) is 0 Å². The quantitative estimate of drug-likeness (QED) is 0.877. The lowest BCUT2D eigenvalue weighted by atomic mass is 9.99. The molecule has 2 aromatic rings. The third-order valence-electron chi connectivity index (χ3n) is 3.44. The number of aromatic nitrogens is 1. The van der Waals surface area contributed by atoms with Gasteiger partial charge in [-0.1, -0.05) is 35.3 Å². The fourth-order valence-electron chi connectivity index (χ4n) is 2.37. The van der Waals surface area contributed by atoms with Crippen LogP contribution in [0.4, 0.5) is 0 Å². The van der Waals surface area contributed by atoms with Gasteiger partial charge in [-0.3, -0.25) is 0 Å². The van der Waals surface area contributed by atoms with E-state index in [1.807, 2.05) is 12.1 Å². The van der Waals surface area contributed by atoms with Crippen LogP contribution < -0.4 is 5.32 Å². The van der Waals surface area contributed by atoms with Crippen LogP contribution in [0.2, 0.25) is 10.0 Å². The van der Waals surface area contributed by atoms with E-state index in [-0.39, 0.29) is 0 Å². The van der Waals surface area contributed by atoms with Crippen LogP contribution in [-0.2, 0) is 0 Å². The normalized spacial score (nSPS) is 16.7. The Morgan fingerprint density at radius 1 is 1.21 bits per heavy atom. The molecule has 100 valence electrons. The maximum Gasteiger partial charge on any atom is 0.0964 e. The molecule has 0 radical (unpaired) electrons. The maximum atomic E-state index is 6.25. The SMILES string of the molecule is Clc1cccc(-c2csc(C3CCNCC3)n2)c1Cl. The van der Waals surface area contributed by atoms with Crippen molar-refractivity contribution >= 4 is 34.5 Å². The van der Waals surface area contributed by atoms with E-state index >= 15 is 0 Å². The summed E-state index contributed by atoms with van der Waals surface area (Å²) in [5, 5.41) is 7.84. The standard InChI is InChI=1S/C14H14Cl2N2S/c15-11-3-1-2-10(13(11)16)12-8-19-14(18-12)9-4-6-17-7-5-9/h1-3,8-9,17H,4-7H2. The smallest absolute Gasteiger partial charge is 0.0964 e. The van der Waals surface area contributed by atoms with E-state index in [4.69, 9.17) is 28.2 Å². The summed E-state index contributed by atoms with van der Waals surface area (Å²) in [6.07, 6.45) is 2.33. The number of nitrogens with zero attached hydrogens (tertiary/aromatic N) is 1. The van der Waals surface area contributed by atoms with Crippen LogP contribution in [0.25, 0.3) is 11.3 Å². The summed E-state index contributed by atoms with van der Waals surface area (Å²) in [6.45, 7) is 2.16. The van der Waals surface area contributed by atoms with Crippen molar-refractivity contribution in [2.45, 2.75) is 18.8 Å². The van der Waals surface area contributed by atoms with E-state index in [2.05, 4.69) is 10.7 Å². The first-order valence-corrected chi connectivity index (χ1v) is 8.00. The van der Waals surface area contributed by atoms with Crippen molar-refractivity contribution in [3.05, 3.63) is 38.6 Å². The molecule has 0 bridgehead atoms. The number of rotatable bonds is 2. The Balaban J connectivity index is 1.90. The minimum Gasteiger partial charge on any atom is -0.317 e. The molecule has 3 rings (SSSR count). The Kier molecular flexibility index (Phi) is 4.08. The second-order valence-corrected chi connectivity index (χ2v) is 6.37. The Hall–Kier alpha value is -0.610. The predicted molar refractivity (Wildman–Crippen MR) is 82.4 cm³/mol. The van der Waals surface area contributed by atoms with Crippen LogP contribution in [-0.4, -0.2) is 18.1 Å². The molecule has 0 aliphatic carbocycles. The zero-order valence-corrected chi connectivity index (χ0v) is 12.7. The molecule has 1 aromatic carbocycles. The Morgan fingerprint density at radius 3 is 2.79 bits per heavy atom. The van der Waals surface area contributed by atoms with Gasteiger partial charge in [-0.05, 0) is 32.0 Å². The van der Waals surface area contributed by atoms with Crippen LogP contribution in [0.1, 0.15) is 23.8 Å². The Bertz CT molecular complexity index is 577. The lowest BCUT2D eigenvalue weighted by Crippen LogP contribution is -2.26. The summed E-state index contributed by atoms with van der Waals surface area (Å²) in [7, 11) is 0. The van der Waals surface area contributed by atoms with Crippen LogP contribution >= 0.6 is 34.5 Å². The molecule has 2 heterocycles. The monoisotopic (exact) mass is 312 g/mol. The predicted octanol–water partition coefficient (Wildman–Crippen LogP) is 4.58. The fourth-order valence-corrected chi connectivity index (χ4v) is 3.76. The minimum atomic E-state index is 0.579. The number of piperidine rings is 1. The van der Waals surface area contributed by atoms with E-state index in [0.717, 1.165) is 37.2 Å². The van der Waals surface area contributed by atoms with Gasteiger partial charge < -0.3 is 5.32 Å². The van der Waals surface area contributed by atoms with Crippen molar-refractivity contribution in [2.24, 2.45) is 0 Å². The number of hydrogen-bond acceptors (Lipinski definition) is 3. The van der Waals surface area contributed by atoms with E-state index in [9.17, 15) is 0 Å². The number of hydrogen-bond donors (Lipinski definition) is 1. The van der Waals surface area contributed by atoms with E-state index in [0.29, 0.717) is 16.0 Å². The summed E-state index contributed by atoms with van der Waals surface area (Å²) in [6, 6.07) is 5.68. The highest BCUT2D eigenvalue weighted by molar-refractivity contribution is 7.10. The maximum absolute atomic E-state index is 6.25. The second-order valence-electron chi connectivity index (χ2n) is 4.70. The van der Waals surface area contributed by atoms with Crippen LogP contribution in [0.3, 0.4) is 0 Å². The summed E-state index contributed by atoms with van der Waals surface area (Å²) < 4.78 is 0. The zero-order valence-electron chi connectivity index (χ0n) is 10.3. The topological polar surface area (TPSA) is 24.9 Å². The third kappa shape index (κ3) is 2.79.